The van der Waals surface area contributed by atoms with E-state index in [1.54, 1.807) is 0 Å². The van der Waals surface area contributed by atoms with E-state index >= 15 is 0 Å². The normalized spacial score (nSPS) is 19.8. The summed E-state index contributed by atoms with van der Waals surface area (Å²) in [6, 6.07) is 14.0. The topological polar surface area (TPSA) is 24.7 Å². The molecule has 0 spiro atoms. The van der Waals surface area contributed by atoms with Crippen LogP contribution < -0.4 is 0 Å². The Morgan fingerprint density at radius 2 is 1.65 bits per heavy atom. The Morgan fingerprint density at radius 3 is 2.35 bits per heavy atom. The van der Waals surface area contributed by atoms with Gasteiger partial charge in [0.25, 0.3) is 0 Å². The zero-order valence-corrected chi connectivity index (χ0v) is 18.6. The van der Waals surface area contributed by atoms with Gasteiger partial charge in [-0.15, -0.1) is 0 Å². The van der Waals surface area contributed by atoms with Gasteiger partial charge < -0.3 is 0 Å². The second-order valence-electron chi connectivity index (χ2n) is 8.69. The lowest BCUT2D eigenvalue weighted by molar-refractivity contribution is 0.298. The second kappa shape index (κ2) is 12.5. The molecule has 0 bridgehead atoms. The van der Waals surface area contributed by atoms with E-state index in [1.165, 1.54) is 63.6 Å². The summed E-state index contributed by atoms with van der Waals surface area (Å²) in [7, 11) is 0. The highest BCUT2D eigenvalue weighted by atomic mass is 19.2. The Balaban J connectivity index is 1.63. The van der Waals surface area contributed by atoms with Crippen molar-refractivity contribution in [1.82, 2.24) is 0 Å². The Hall–Kier alpha value is -2.36. The minimum atomic E-state index is -0.871. The van der Waals surface area contributed by atoms with Gasteiger partial charge in [-0.05, 0) is 54.9 Å². The number of unbranched alkanes of at least 4 members (excludes halogenated alkanes) is 4. The van der Waals surface area contributed by atoms with Gasteiger partial charge in [0.05, 0.1) is 11.9 Å². The fraction of sp³-hybridized carbons (Fsp3) is 0.481. The Bertz CT molecular complexity index is 853. The SMILES string of the molecule is CCCCCCCC1CCC(C(=NN=Cc2ccc(F)c(F)c2)c2ccccc2)CC1. The Labute approximate surface area is 185 Å². The minimum Gasteiger partial charge on any atom is -0.204 e. The van der Waals surface area contributed by atoms with Crippen LogP contribution in [-0.2, 0) is 0 Å². The summed E-state index contributed by atoms with van der Waals surface area (Å²) in [6.07, 6.45) is 14.3. The Morgan fingerprint density at radius 1 is 0.903 bits per heavy atom. The predicted octanol–water partition coefficient (Wildman–Crippen LogP) is 7.95. The lowest BCUT2D eigenvalue weighted by atomic mass is 9.76. The molecule has 0 aliphatic heterocycles. The van der Waals surface area contributed by atoms with E-state index in [4.69, 9.17) is 0 Å². The molecule has 4 heteroatoms. The first-order valence-electron chi connectivity index (χ1n) is 11.8. The summed E-state index contributed by atoms with van der Waals surface area (Å²) in [5.74, 6) is -0.501. The smallest absolute Gasteiger partial charge is 0.159 e. The van der Waals surface area contributed by atoms with E-state index in [0.29, 0.717) is 11.5 Å². The predicted molar refractivity (Wildman–Crippen MR) is 126 cm³/mol. The summed E-state index contributed by atoms with van der Waals surface area (Å²) in [6.45, 7) is 2.26. The van der Waals surface area contributed by atoms with Crippen molar-refractivity contribution < 1.29 is 8.78 Å². The molecule has 0 amide bonds. The molecule has 0 N–H and O–H groups in total. The third-order valence-electron chi connectivity index (χ3n) is 6.33. The van der Waals surface area contributed by atoms with Crippen LogP contribution in [0.5, 0.6) is 0 Å². The van der Waals surface area contributed by atoms with Crippen molar-refractivity contribution in [3.8, 4) is 0 Å². The maximum absolute atomic E-state index is 13.4. The zero-order chi connectivity index (χ0) is 21.9. The zero-order valence-electron chi connectivity index (χ0n) is 18.6. The van der Waals surface area contributed by atoms with Gasteiger partial charge in [0.1, 0.15) is 0 Å². The van der Waals surface area contributed by atoms with Gasteiger partial charge >= 0.3 is 0 Å². The standard InChI is InChI=1S/C27H34F2N2/c1-2-3-4-5-7-10-21-13-16-24(17-14-21)27(23-11-8-6-9-12-23)31-30-20-22-15-18-25(28)26(29)19-22/h6,8-9,11-12,15,18-21,24H,2-5,7,10,13-14,16-17H2,1H3. The lowest BCUT2D eigenvalue weighted by Gasteiger charge is -2.29. The first kappa shape index (κ1) is 23.3. The maximum atomic E-state index is 13.4. The molecule has 31 heavy (non-hydrogen) atoms. The molecule has 0 unspecified atom stereocenters. The van der Waals surface area contributed by atoms with E-state index in [0.717, 1.165) is 42.2 Å². The summed E-state index contributed by atoms with van der Waals surface area (Å²) in [5.41, 5.74) is 2.59. The van der Waals surface area contributed by atoms with Gasteiger partial charge in [0, 0.05) is 5.92 Å². The quantitative estimate of drug-likeness (QED) is 0.210. The number of hydrogen-bond donors (Lipinski definition) is 0. The van der Waals surface area contributed by atoms with Crippen molar-refractivity contribution in [1.29, 1.82) is 0 Å². The molecule has 1 aliphatic rings. The van der Waals surface area contributed by atoms with Crippen LogP contribution in [0.3, 0.4) is 0 Å². The number of hydrogen-bond acceptors (Lipinski definition) is 2. The van der Waals surface area contributed by atoms with Crippen molar-refractivity contribution in [2.75, 3.05) is 0 Å². The lowest BCUT2D eigenvalue weighted by Crippen LogP contribution is -2.22. The average Bonchev–Trinajstić information content (AvgIpc) is 2.80. The molecule has 166 valence electrons. The average molecular weight is 425 g/mol. The maximum Gasteiger partial charge on any atom is 0.159 e. The fourth-order valence-electron chi connectivity index (χ4n) is 4.50. The van der Waals surface area contributed by atoms with Crippen LogP contribution in [0.15, 0.2) is 58.7 Å². The highest BCUT2D eigenvalue weighted by Crippen LogP contribution is 2.34. The van der Waals surface area contributed by atoms with Crippen LogP contribution in [0.25, 0.3) is 0 Å². The number of benzene rings is 2. The molecule has 0 saturated heterocycles. The van der Waals surface area contributed by atoms with Crippen LogP contribution >= 0.6 is 0 Å². The minimum absolute atomic E-state index is 0.390. The largest absolute Gasteiger partial charge is 0.204 e. The van der Waals surface area contributed by atoms with E-state index in [-0.39, 0.29) is 0 Å². The molecule has 3 rings (SSSR count). The van der Waals surface area contributed by atoms with Crippen LogP contribution in [0.2, 0.25) is 0 Å². The molecule has 1 fully saturated rings. The summed E-state index contributed by atoms with van der Waals surface area (Å²) in [4.78, 5) is 0. The third kappa shape index (κ3) is 7.37. The number of nitrogens with zero attached hydrogens (tertiary/aromatic N) is 2. The molecule has 2 nitrogen and oxygen atoms in total. The van der Waals surface area contributed by atoms with Crippen molar-refractivity contribution >= 4 is 11.9 Å². The number of halogens is 2. The van der Waals surface area contributed by atoms with Gasteiger partial charge in [-0.3, -0.25) is 0 Å². The summed E-state index contributed by atoms with van der Waals surface area (Å²) < 4.78 is 26.6. The van der Waals surface area contributed by atoms with Gasteiger partial charge in [0.2, 0.25) is 0 Å². The van der Waals surface area contributed by atoms with Gasteiger partial charge in [-0.2, -0.15) is 10.2 Å². The van der Waals surface area contributed by atoms with E-state index < -0.39 is 11.6 Å². The van der Waals surface area contributed by atoms with Crippen molar-refractivity contribution in [3.63, 3.8) is 0 Å². The monoisotopic (exact) mass is 424 g/mol. The molecule has 2 aromatic rings. The van der Waals surface area contributed by atoms with E-state index in [2.05, 4.69) is 29.3 Å². The fourth-order valence-corrected chi connectivity index (χ4v) is 4.50. The second-order valence-corrected chi connectivity index (χ2v) is 8.69. The molecule has 0 radical (unpaired) electrons. The highest BCUT2D eigenvalue weighted by molar-refractivity contribution is 6.02. The number of rotatable bonds is 10. The van der Waals surface area contributed by atoms with Crippen molar-refractivity contribution in [2.45, 2.75) is 71.1 Å². The molecule has 1 aliphatic carbocycles. The Kier molecular flexibility index (Phi) is 9.39. The molecule has 1 saturated carbocycles. The molecule has 0 atom stereocenters. The molecule has 2 aromatic carbocycles. The van der Waals surface area contributed by atoms with Crippen LogP contribution in [0, 0.1) is 23.5 Å². The van der Waals surface area contributed by atoms with Crippen molar-refractivity contribution in [2.24, 2.45) is 22.0 Å². The van der Waals surface area contributed by atoms with Gasteiger partial charge in [-0.25, -0.2) is 8.78 Å². The first-order valence-corrected chi connectivity index (χ1v) is 11.8. The third-order valence-corrected chi connectivity index (χ3v) is 6.33. The summed E-state index contributed by atoms with van der Waals surface area (Å²) >= 11 is 0. The van der Waals surface area contributed by atoms with Crippen molar-refractivity contribution in [3.05, 3.63) is 71.3 Å². The molecule has 0 heterocycles. The highest BCUT2D eigenvalue weighted by Gasteiger charge is 2.25. The van der Waals surface area contributed by atoms with Crippen LogP contribution in [0.4, 0.5) is 8.78 Å². The molecular weight excluding hydrogens is 390 g/mol. The molecular formula is C27H34F2N2. The van der Waals surface area contributed by atoms with Crippen LogP contribution in [0.1, 0.15) is 82.3 Å². The van der Waals surface area contributed by atoms with E-state index in [1.807, 2.05) is 18.2 Å². The summed E-state index contributed by atoms with van der Waals surface area (Å²) in [5, 5.41) is 8.79. The van der Waals surface area contributed by atoms with Gasteiger partial charge in [0.15, 0.2) is 11.6 Å². The van der Waals surface area contributed by atoms with Gasteiger partial charge in [-0.1, -0.05) is 81.8 Å². The van der Waals surface area contributed by atoms with Crippen LogP contribution in [-0.4, -0.2) is 11.9 Å². The molecule has 0 aromatic heterocycles. The first-order chi connectivity index (χ1) is 15.2. The van der Waals surface area contributed by atoms with E-state index in [9.17, 15) is 8.78 Å².